The van der Waals surface area contributed by atoms with E-state index in [1.54, 1.807) is 12.1 Å². The fraction of sp³-hybridized carbons (Fsp3) is 0.406. The predicted molar refractivity (Wildman–Crippen MR) is 158 cm³/mol. The molecule has 2 aliphatic heterocycles. The Labute approximate surface area is 243 Å². The van der Waals surface area contributed by atoms with Crippen molar-refractivity contribution in [2.75, 3.05) is 46.2 Å². The molecule has 3 aromatic rings. The van der Waals surface area contributed by atoms with Gasteiger partial charge in [-0.2, -0.15) is 0 Å². The van der Waals surface area contributed by atoms with E-state index in [2.05, 4.69) is 15.7 Å². The topological polar surface area (TPSA) is 94.2 Å². The minimum Gasteiger partial charge on any atom is -0.454 e. The van der Waals surface area contributed by atoms with Gasteiger partial charge in [-0.05, 0) is 84.8 Å². The highest BCUT2D eigenvalue weighted by atomic mass is 32.2. The minimum atomic E-state index is -3.59. The molecule has 1 saturated heterocycles. The van der Waals surface area contributed by atoms with E-state index in [0.717, 1.165) is 85.7 Å². The van der Waals surface area contributed by atoms with Crippen LogP contribution in [0.3, 0.4) is 0 Å². The number of ether oxygens (including phenoxy) is 3. The van der Waals surface area contributed by atoms with Gasteiger partial charge in [0.1, 0.15) is 5.78 Å². The summed E-state index contributed by atoms with van der Waals surface area (Å²) in [5.41, 5.74) is 4.45. The molecule has 1 saturated carbocycles. The van der Waals surface area contributed by atoms with Crippen LogP contribution < -0.4 is 14.2 Å². The fourth-order valence-electron chi connectivity index (χ4n) is 5.72. The van der Waals surface area contributed by atoms with Gasteiger partial charge in [0.2, 0.25) is 16.8 Å². The summed E-state index contributed by atoms with van der Waals surface area (Å²) < 4.78 is 44.8. The van der Waals surface area contributed by atoms with Crippen molar-refractivity contribution in [1.29, 1.82) is 0 Å². The lowest BCUT2D eigenvalue weighted by atomic mass is 9.87. The summed E-state index contributed by atoms with van der Waals surface area (Å²) >= 11 is 0. The van der Waals surface area contributed by atoms with Crippen molar-refractivity contribution in [1.82, 2.24) is 9.62 Å². The van der Waals surface area contributed by atoms with Crippen molar-refractivity contribution in [3.63, 3.8) is 0 Å². The molecule has 2 fully saturated rings. The number of rotatable bonds is 11. The maximum absolute atomic E-state index is 13.5. The maximum Gasteiger partial charge on any atom is 0.240 e. The lowest BCUT2D eigenvalue weighted by molar-refractivity contribution is -0.120. The Hall–Kier alpha value is -3.24. The zero-order chi connectivity index (χ0) is 28.5. The second kappa shape index (κ2) is 11.6. The van der Waals surface area contributed by atoms with Crippen molar-refractivity contribution in [3.05, 3.63) is 77.4 Å². The van der Waals surface area contributed by atoms with Crippen LogP contribution in [0.4, 0.5) is 0 Å². The van der Waals surface area contributed by atoms with Gasteiger partial charge in [-0.3, -0.25) is 9.69 Å². The van der Waals surface area contributed by atoms with Crippen LogP contribution in [0.5, 0.6) is 11.5 Å². The average Bonchev–Trinajstić information content (AvgIpc) is 3.67. The molecule has 41 heavy (non-hydrogen) atoms. The number of sulfonamides is 1. The Morgan fingerprint density at radius 1 is 0.976 bits per heavy atom. The van der Waals surface area contributed by atoms with E-state index in [1.807, 2.05) is 49.4 Å². The van der Waals surface area contributed by atoms with Gasteiger partial charge in [-0.1, -0.05) is 36.4 Å². The van der Waals surface area contributed by atoms with Crippen molar-refractivity contribution in [3.8, 4) is 22.6 Å². The van der Waals surface area contributed by atoms with Crippen LogP contribution in [0.1, 0.15) is 37.4 Å². The lowest BCUT2D eigenvalue weighted by Crippen LogP contribution is -2.38. The quantitative estimate of drug-likeness (QED) is 0.335. The number of nitrogens with one attached hydrogen (secondary N) is 1. The first kappa shape index (κ1) is 27.9. The molecule has 3 aromatic carbocycles. The third kappa shape index (κ3) is 6.04. The lowest BCUT2D eigenvalue weighted by Gasteiger charge is -2.26. The van der Waals surface area contributed by atoms with Gasteiger partial charge < -0.3 is 14.2 Å². The van der Waals surface area contributed by atoms with Gasteiger partial charge in [0.15, 0.2) is 11.5 Å². The summed E-state index contributed by atoms with van der Waals surface area (Å²) in [6, 6.07) is 18.9. The molecule has 3 aliphatic rings. The summed E-state index contributed by atoms with van der Waals surface area (Å²) in [4.78, 5) is 16.1. The zero-order valence-corrected chi connectivity index (χ0v) is 24.2. The van der Waals surface area contributed by atoms with E-state index >= 15 is 0 Å². The summed E-state index contributed by atoms with van der Waals surface area (Å²) in [6.07, 6.45) is 2.75. The highest BCUT2D eigenvalue weighted by Crippen LogP contribution is 2.51. The van der Waals surface area contributed by atoms with Crippen LogP contribution in [0.2, 0.25) is 0 Å². The monoisotopic (exact) mass is 578 g/mol. The number of carbonyl (C=O) groups excluding carboxylic acids is 1. The molecule has 6 rings (SSSR count). The smallest absolute Gasteiger partial charge is 0.240 e. The van der Waals surface area contributed by atoms with Gasteiger partial charge >= 0.3 is 0 Å². The van der Waals surface area contributed by atoms with E-state index in [1.165, 1.54) is 0 Å². The van der Waals surface area contributed by atoms with Crippen molar-refractivity contribution < 1.29 is 28.8 Å². The highest BCUT2D eigenvalue weighted by Gasteiger charge is 2.50. The molecular weight excluding hydrogens is 540 g/mol. The standard InChI is InChI=1S/C32H36N2O6S.H2/c1-23-3-4-24(20-31(35)32(11-12-32)26-7-10-29-30(21-26)40-22-39-29)19-28(23)25-5-8-27(9-6-25)41(36,37)33-13-2-14-34-15-17-38-18-16-34;/h3-10,19,21,33H,2,11-18,20,22H2,1H3;1H. The molecular formula is C32H38N2O6S. The number of hydrogen-bond acceptors (Lipinski definition) is 7. The largest absolute Gasteiger partial charge is 0.454 e. The minimum absolute atomic E-state index is 0. The number of Topliss-reactive ketones (excluding diaryl/α,β-unsaturated/α-hetero) is 1. The molecule has 218 valence electrons. The van der Waals surface area contributed by atoms with Gasteiger partial charge in [-0.15, -0.1) is 0 Å². The van der Waals surface area contributed by atoms with E-state index in [-0.39, 0.29) is 18.9 Å². The average molecular weight is 579 g/mol. The normalized spacial score (nSPS) is 17.9. The van der Waals surface area contributed by atoms with Crippen LogP contribution >= 0.6 is 0 Å². The molecule has 0 atom stereocenters. The number of nitrogens with zero attached hydrogens (tertiary/aromatic N) is 1. The summed E-state index contributed by atoms with van der Waals surface area (Å²) in [6.45, 7) is 6.73. The second-order valence-corrected chi connectivity index (χ2v) is 12.9. The van der Waals surface area contributed by atoms with Crippen LogP contribution in [0.15, 0.2) is 65.6 Å². The number of ketones is 1. The first-order valence-corrected chi connectivity index (χ1v) is 15.8. The number of fused-ring (bicyclic) bond motifs is 1. The van der Waals surface area contributed by atoms with E-state index < -0.39 is 15.4 Å². The van der Waals surface area contributed by atoms with Gasteiger partial charge in [0.05, 0.1) is 23.5 Å². The Kier molecular flexibility index (Phi) is 7.87. The first-order valence-electron chi connectivity index (χ1n) is 14.3. The van der Waals surface area contributed by atoms with Crippen LogP contribution in [-0.4, -0.2) is 65.3 Å². The summed E-state index contributed by atoms with van der Waals surface area (Å²) in [5.74, 6) is 1.62. The third-order valence-electron chi connectivity index (χ3n) is 8.40. The van der Waals surface area contributed by atoms with Crippen LogP contribution in [-0.2, 0) is 31.4 Å². The molecule has 0 amide bonds. The number of hydrogen-bond donors (Lipinski definition) is 1. The molecule has 1 N–H and O–H groups in total. The molecule has 2 heterocycles. The van der Waals surface area contributed by atoms with Gasteiger partial charge in [0.25, 0.3) is 0 Å². The zero-order valence-electron chi connectivity index (χ0n) is 23.4. The number of benzene rings is 3. The van der Waals surface area contributed by atoms with E-state index in [0.29, 0.717) is 18.7 Å². The summed E-state index contributed by atoms with van der Waals surface area (Å²) in [5, 5.41) is 0. The molecule has 8 nitrogen and oxygen atoms in total. The Balaban J connectivity index is 0.00000353. The molecule has 1 aliphatic carbocycles. The Morgan fingerprint density at radius 3 is 2.49 bits per heavy atom. The number of morpholine rings is 1. The maximum atomic E-state index is 13.5. The van der Waals surface area contributed by atoms with Gasteiger partial charge in [0, 0.05) is 27.5 Å². The van der Waals surface area contributed by atoms with Crippen molar-refractivity contribution in [2.45, 2.75) is 42.9 Å². The summed E-state index contributed by atoms with van der Waals surface area (Å²) in [7, 11) is -3.59. The van der Waals surface area contributed by atoms with E-state index in [9.17, 15) is 13.2 Å². The van der Waals surface area contributed by atoms with Crippen LogP contribution in [0.25, 0.3) is 11.1 Å². The second-order valence-electron chi connectivity index (χ2n) is 11.1. The first-order chi connectivity index (χ1) is 19.8. The van der Waals surface area contributed by atoms with Gasteiger partial charge in [-0.25, -0.2) is 13.1 Å². The molecule has 9 heteroatoms. The molecule has 0 bridgehead atoms. The number of carbonyl (C=O) groups is 1. The third-order valence-corrected chi connectivity index (χ3v) is 9.88. The van der Waals surface area contributed by atoms with Crippen LogP contribution in [0, 0.1) is 6.92 Å². The Bertz CT molecular complexity index is 1530. The fourth-order valence-corrected chi connectivity index (χ4v) is 6.80. The molecule has 0 spiro atoms. The van der Waals surface area contributed by atoms with E-state index in [4.69, 9.17) is 14.2 Å². The van der Waals surface area contributed by atoms with Crippen molar-refractivity contribution in [2.24, 2.45) is 0 Å². The SMILES string of the molecule is Cc1ccc(CC(=O)C2(c3ccc4c(c3)OCO4)CC2)cc1-c1ccc(S(=O)(=O)NCCCN2CCOCC2)cc1.[HH]. The number of aryl methyl sites for hydroxylation is 1. The highest BCUT2D eigenvalue weighted by molar-refractivity contribution is 7.89. The Morgan fingerprint density at radius 2 is 1.73 bits per heavy atom. The van der Waals surface area contributed by atoms with Crippen molar-refractivity contribution >= 4 is 15.8 Å². The molecule has 0 aromatic heterocycles. The molecule has 0 unspecified atom stereocenters. The molecule has 0 radical (unpaired) electrons. The predicted octanol–water partition coefficient (Wildman–Crippen LogP) is 4.48.